The van der Waals surface area contributed by atoms with Gasteiger partial charge in [0.1, 0.15) is 0 Å². The number of carbonyl (C=O) groups excluding carboxylic acids is 1. The van der Waals surface area contributed by atoms with Crippen LogP contribution in [0.3, 0.4) is 0 Å². The molecule has 6 heteroatoms. The standard InChI is InChI=1S/C15H20N2O4/c1-19-7-5-16-15(18)17-6-4-12(9-17)11-2-3-13-14(8-11)21-10-20-13/h2-3,8,12H,4-7,9-10H2,1H3,(H,16,18). The summed E-state index contributed by atoms with van der Waals surface area (Å²) in [5, 5.41) is 2.86. The number of benzene rings is 1. The van der Waals surface area contributed by atoms with Crippen LogP contribution in [0.1, 0.15) is 17.9 Å². The number of likely N-dealkylation sites (tertiary alicyclic amines) is 1. The molecular weight excluding hydrogens is 272 g/mol. The van der Waals surface area contributed by atoms with Crippen LogP contribution in [0.2, 0.25) is 0 Å². The van der Waals surface area contributed by atoms with E-state index >= 15 is 0 Å². The number of nitrogens with zero attached hydrogens (tertiary/aromatic N) is 1. The number of urea groups is 1. The number of hydrogen-bond acceptors (Lipinski definition) is 4. The number of carbonyl (C=O) groups is 1. The van der Waals surface area contributed by atoms with Gasteiger partial charge in [-0.1, -0.05) is 6.07 Å². The third kappa shape index (κ3) is 3.05. The lowest BCUT2D eigenvalue weighted by molar-refractivity contribution is 0.174. The lowest BCUT2D eigenvalue weighted by atomic mass is 9.98. The molecule has 2 heterocycles. The molecular formula is C15H20N2O4. The maximum absolute atomic E-state index is 12.0. The Labute approximate surface area is 124 Å². The maximum Gasteiger partial charge on any atom is 0.317 e. The Morgan fingerprint density at radius 3 is 3.14 bits per heavy atom. The van der Waals surface area contributed by atoms with Crippen molar-refractivity contribution in [3.05, 3.63) is 23.8 Å². The van der Waals surface area contributed by atoms with Crippen LogP contribution in [0.4, 0.5) is 4.79 Å². The minimum Gasteiger partial charge on any atom is -0.454 e. The molecule has 3 rings (SSSR count). The van der Waals surface area contributed by atoms with Crippen molar-refractivity contribution in [2.24, 2.45) is 0 Å². The minimum absolute atomic E-state index is 0.0182. The summed E-state index contributed by atoms with van der Waals surface area (Å²) in [4.78, 5) is 13.9. The smallest absolute Gasteiger partial charge is 0.317 e. The van der Waals surface area contributed by atoms with Gasteiger partial charge in [0, 0.05) is 32.7 Å². The van der Waals surface area contributed by atoms with E-state index in [9.17, 15) is 4.79 Å². The van der Waals surface area contributed by atoms with E-state index in [2.05, 4.69) is 11.4 Å². The van der Waals surface area contributed by atoms with Gasteiger partial charge in [0.25, 0.3) is 0 Å². The topological polar surface area (TPSA) is 60.0 Å². The zero-order valence-electron chi connectivity index (χ0n) is 12.1. The fourth-order valence-electron chi connectivity index (χ4n) is 2.76. The molecule has 1 N–H and O–H groups in total. The third-order valence-corrected chi connectivity index (χ3v) is 3.93. The van der Waals surface area contributed by atoms with E-state index in [0.29, 0.717) is 19.1 Å². The molecule has 0 aliphatic carbocycles. The van der Waals surface area contributed by atoms with Crippen LogP contribution < -0.4 is 14.8 Å². The van der Waals surface area contributed by atoms with E-state index in [-0.39, 0.29) is 12.8 Å². The molecule has 0 spiro atoms. The second-order valence-electron chi connectivity index (χ2n) is 5.27. The minimum atomic E-state index is -0.0182. The fraction of sp³-hybridized carbons (Fsp3) is 0.533. The van der Waals surface area contributed by atoms with Crippen LogP contribution >= 0.6 is 0 Å². The van der Waals surface area contributed by atoms with Gasteiger partial charge in [0.05, 0.1) is 6.61 Å². The van der Waals surface area contributed by atoms with E-state index in [0.717, 1.165) is 31.0 Å². The Morgan fingerprint density at radius 1 is 1.43 bits per heavy atom. The lowest BCUT2D eigenvalue weighted by Gasteiger charge is -2.17. The highest BCUT2D eigenvalue weighted by Crippen LogP contribution is 2.36. The van der Waals surface area contributed by atoms with Crippen LogP contribution in [0.25, 0.3) is 0 Å². The molecule has 2 aliphatic heterocycles. The van der Waals surface area contributed by atoms with Gasteiger partial charge in [-0.2, -0.15) is 0 Å². The summed E-state index contributed by atoms with van der Waals surface area (Å²) < 4.78 is 15.7. The normalized spacial score (nSPS) is 19.9. The SMILES string of the molecule is COCCNC(=O)N1CCC(c2ccc3c(c2)OCO3)C1. The zero-order chi connectivity index (χ0) is 14.7. The van der Waals surface area contributed by atoms with Crippen molar-refractivity contribution in [3.63, 3.8) is 0 Å². The van der Waals surface area contributed by atoms with Crippen molar-refractivity contribution in [1.29, 1.82) is 0 Å². The number of rotatable bonds is 4. The molecule has 2 aliphatic rings. The maximum atomic E-state index is 12.0. The van der Waals surface area contributed by atoms with Gasteiger partial charge >= 0.3 is 6.03 Å². The van der Waals surface area contributed by atoms with E-state index < -0.39 is 0 Å². The Kier molecular flexibility index (Phi) is 4.15. The molecule has 6 nitrogen and oxygen atoms in total. The Balaban J connectivity index is 1.58. The molecule has 114 valence electrons. The molecule has 1 aromatic rings. The van der Waals surface area contributed by atoms with E-state index in [4.69, 9.17) is 14.2 Å². The summed E-state index contributed by atoms with van der Waals surface area (Å²) in [6.45, 7) is 2.87. The molecule has 1 aromatic carbocycles. The summed E-state index contributed by atoms with van der Waals surface area (Å²) in [5.74, 6) is 1.95. The molecule has 1 saturated heterocycles. The summed E-state index contributed by atoms with van der Waals surface area (Å²) in [5.41, 5.74) is 1.20. The zero-order valence-corrected chi connectivity index (χ0v) is 12.1. The van der Waals surface area contributed by atoms with Crippen LogP contribution in [0.5, 0.6) is 11.5 Å². The third-order valence-electron chi connectivity index (χ3n) is 3.93. The number of nitrogens with one attached hydrogen (secondary N) is 1. The van der Waals surface area contributed by atoms with E-state index in [1.54, 1.807) is 7.11 Å². The Bertz CT molecular complexity index is 520. The van der Waals surface area contributed by atoms with Crippen molar-refractivity contribution in [3.8, 4) is 11.5 Å². The lowest BCUT2D eigenvalue weighted by Crippen LogP contribution is -2.39. The summed E-state index contributed by atoms with van der Waals surface area (Å²) in [7, 11) is 1.62. The summed E-state index contributed by atoms with van der Waals surface area (Å²) in [6, 6.07) is 6.01. The van der Waals surface area contributed by atoms with Crippen LogP contribution in [0.15, 0.2) is 18.2 Å². The second kappa shape index (κ2) is 6.22. The number of fused-ring (bicyclic) bond motifs is 1. The highest BCUT2D eigenvalue weighted by atomic mass is 16.7. The van der Waals surface area contributed by atoms with Crippen LogP contribution in [-0.4, -0.2) is 51.1 Å². The van der Waals surface area contributed by atoms with Gasteiger partial charge in [-0.05, 0) is 24.1 Å². The van der Waals surface area contributed by atoms with E-state index in [1.807, 2.05) is 17.0 Å². The number of hydrogen-bond donors (Lipinski definition) is 1. The van der Waals surface area contributed by atoms with Gasteiger partial charge in [-0.25, -0.2) is 4.79 Å². The second-order valence-corrected chi connectivity index (χ2v) is 5.27. The molecule has 1 fully saturated rings. The van der Waals surface area contributed by atoms with Crippen molar-refractivity contribution < 1.29 is 19.0 Å². The van der Waals surface area contributed by atoms with Gasteiger partial charge in [-0.15, -0.1) is 0 Å². The molecule has 0 aromatic heterocycles. The van der Waals surface area contributed by atoms with Gasteiger partial charge in [0.15, 0.2) is 11.5 Å². The number of methoxy groups -OCH3 is 1. The summed E-state index contributed by atoms with van der Waals surface area (Å²) >= 11 is 0. The summed E-state index contributed by atoms with van der Waals surface area (Å²) in [6.07, 6.45) is 0.970. The van der Waals surface area contributed by atoms with Gasteiger partial charge in [-0.3, -0.25) is 0 Å². The predicted octanol–water partition coefficient (Wildman–Crippen LogP) is 1.56. The Hall–Kier alpha value is -1.95. The molecule has 1 atom stereocenters. The molecule has 2 amide bonds. The van der Waals surface area contributed by atoms with Crippen molar-refractivity contribution in [2.75, 3.05) is 40.1 Å². The predicted molar refractivity (Wildman–Crippen MR) is 76.8 cm³/mol. The quantitative estimate of drug-likeness (QED) is 0.856. The highest BCUT2D eigenvalue weighted by molar-refractivity contribution is 5.74. The van der Waals surface area contributed by atoms with Crippen molar-refractivity contribution >= 4 is 6.03 Å². The average Bonchev–Trinajstić information content (AvgIpc) is 3.15. The van der Waals surface area contributed by atoms with Crippen molar-refractivity contribution in [2.45, 2.75) is 12.3 Å². The monoisotopic (exact) mass is 292 g/mol. The van der Waals surface area contributed by atoms with Crippen molar-refractivity contribution in [1.82, 2.24) is 10.2 Å². The van der Waals surface area contributed by atoms with Crippen LogP contribution in [0, 0.1) is 0 Å². The molecule has 1 unspecified atom stereocenters. The number of amides is 2. The molecule has 0 bridgehead atoms. The molecule has 21 heavy (non-hydrogen) atoms. The van der Waals surface area contributed by atoms with Crippen LogP contribution in [-0.2, 0) is 4.74 Å². The molecule has 0 radical (unpaired) electrons. The van der Waals surface area contributed by atoms with E-state index in [1.165, 1.54) is 5.56 Å². The first-order valence-corrected chi connectivity index (χ1v) is 7.19. The first kappa shape index (κ1) is 14.0. The molecule has 0 saturated carbocycles. The first-order chi connectivity index (χ1) is 10.3. The fourth-order valence-corrected chi connectivity index (χ4v) is 2.76. The largest absolute Gasteiger partial charge is 0.454 e. The average molecular weight is 292 g/mol. The number of ether oxygens (including phenoxy) is 3. The first-order valence-electron chi connectivity index (χ1n) is 7.19. The Morgan fingerprint density at radius 2 is 2.29 bits per heavy atom. The van der Waals surface area contributed by atoms with Gasteiger partial charge < -0.3 is 24.4 Å². The highest BCUT2D eigenvalue weighted by Gasteiger charge is 2.28. The van der Waals surface area contributed by atoms with Gasteiger partial charge in [0.2, 0.25) is 6.79 Å².